The zero-order valence-electron chi connectivity index (χ0n) is 4.60. The molecule has 8 heavy (non-hydrogen) atoms. The number of alkyl halides is 1. The number of nitrogens with one attached hydrogen (secondary N) is 1. The highest BCUT2D eigenvalue weighted by Crippen LogP contribution is 2.12. The van der Waals surface area contributed by atoms with E-state index in [1.807, 2.05) is 0 Å². The van der Waals surface area contributed by atoms with Gasteiger partial charge in [0.1, 0.15) is 6.23 Å². The van der Waals surface area contributed by atoms with Gasteiger partial charge in [0.2, 0.25) is 0 Å². The summed E-state index contributed by atoms with van der Waals surface area (Å²) in [5.74, 6) is 0. The van der Waals surface area contributed by atoms with Crippen molar-refractivity contribution in [2.24, 2.45) is 0 Å². The van der Waals surface area contributed by atoms with E-state index in [4.69, 9.17) is 5.11 Å². The van der Waals surface area contributed by atoms with E-state index in [1.165, 1.54) is 0 Å². The lowest BCUT2D eigenvalue weighted by molar-refractivity contribution is 0.110. The van der Waals surface area contributed by atoms with Crippen LogP contribution in [0, 0.1) is 0 Å². The second-order valence-electron chi connectivity index (χ2n) is 2.10. The third kappa shape index (κ3) is 1.73. The molecule has 0 aromatic carbocycles. The van der Waals surface area contributed by atoms with Crippen molar-refractivity contribution in [3.63, 3.8) is 0 Å². The lowest BCUT2D eigenvalue weighted by Crippen LogP contribution is -2.38. The second-order valence-corrected chi connectivity index (χ2v) is 3.39. The minimum absolute atomic E-state index is 0.260. The summed E-state index contributed by atoms with van der Waals surface area (Å²) in [5, 5.41) is 11.8. The molecule has 0 bridgehead atoms. The van der Waals surface area contributed by atoms with Gasteiger partial charge in [0.15, 0.2) is 0 Å². The predicted octanol–water partition coefficient (Wildman–Crippen LogP) is 0.452. The van der Waals surface area contributed by atoms with E-state index < -0.39 is 0 Å². The van der Waals surface area contributed by atoms with Crippen LogP contribution in [0.5, 0.6) is 0 Å². The lowest BCUT2D eigenvalue weighted by Gasteiger charge is -2.22. The molecule has 0 amide bonds. The van der Waals surface area contributed by atoms with Crippen molar-refractivity contribution in [3.8, 4) is 0 Å². The quantitative estimate of drug-likeness (QED) is 0.530. The van der Waals surface area contributed by atoms with Crippen molar-refractivity contribution in [3.05, 3.63) is 0 Å². The van der Waals surface area contributed by atoms with Gasteiger partial charge in [-0.1, -0.05) is 15.9 Å². The fourth-order valence-electron chi connectivity index (χ4n) is 0.807. The van der Waals surface area contributed by atoms with Gasteiger partial charge in [-0.3, -0.25) is 5.32 Å². The van der Waals surface area contributed by atoms with Gasteiger partial charge in [0, 0.05) is 11.4 Å². The largest absolute Gasteiger partial charge is 0.379 e. The Kier molecular flexibility index (Phi) is 2.28. The van der Waals surface area contributed by atoms with Crippen LogP contribution < -0.4 is 5.32 Å². The number of rotatable bonds is 0. The third-order valence-electron chi connectivity index (χ3n) is 1.33. The molecular weight excluding hydrogens is 170 g/mol. The molecule has 0 aromatic rings. The SMILES string of the molecule is O[C@H]1CC[C@H](Br)CN1. The van der Waals surface area contributed by atoms with E-state index in [2.05, 4.69) is 21.2 Å². The molecule has 2 nitrogen and oxygen atoms in total. The van der Waals surface area contributed by atoms with Crippen LogP contribution in [0.3, 0.4) is 0 Å². The Morgan fingerprint density at radius 2 is 2.25 bits per heavy atom. The minimum Gasteiger partial charge on any atom is -0.379 e. The normalized spacial score (nSPS) is 39.8. The van der Waals surface area contributed by atoms with Gasteiger partial charge in [0.25, 0.3) is 0 Å². The first-order chi connectivity index (χ1) is 3.79. The zero-order chi connectivity index (χ0) is 5.98. The number of hydrogen-bond donors (Lipinski definition) is 2. The summed E-state index contributed by atoms with van der Waals surface area (Å²) in [4.78, 5) is 0.561. The van der Waals surface area contributed by atoms with Crippen LogP contribution in [0.4, 0.5) is 0 Å². The molecule has 0 spiro atoms. The summed E-state index contributed by atoms with van der Waals surface area (Å²) in [5.41, 5.74) is 0. The van der Waals surface area contributed by atoms with Crippen LogP contribution in [0.25, 0.3) is 0 Å². The molecule has 1 aliphatic heterocycles. The van der Waals surface area contributed by atoms with Crippen LogP contribution in [-0.2, 0) is 0 Å². The molecule has 2 atom stereocenters. The average Bonchev–Trinajstić information content (AvgIpc) is 1.77. The Hall–Kier alpha value is 0.400. The minimum atomic E-state index is -0.260. The molecule has 0 aromatic heterocycles. The third-order valence-corrected chi connectivity index (χ3v) is 2.11. The van der Waals surface area contributed by atoms with Gasteiger partial charge in [-0.05, 0) is 12.8 Å². The molecule has 1 aliphatic rings. The summed E-state index contributed by atoms with van der Waals surface area (Å²) in [6.45, 7) is 0.890. The van der Waals surface area contributed by atoms with Crippen molar-refractivity contribution < 1.29 is 5.11 Å². The number of piperidine rings is 1. The Morgan fingerprint density at radius 1 is 1.50 bits per heavy atom. The van der Waals surface area contributed by atoms with Crippen LogP contribution in [-0.4, -0.2) is 22.7 Å². The lowest BCUT2D eigenvalue weighted by atomic mass is 10.1. The second kappa shape index (κ2) is 2.80. The number of aliphatic hydroxyl groups is 1. The fourth-order valence-corrected chi connectivity index (χ4v) is 1.26. The standard InChI is InChI=1S/C5H10BrNO/c6-4-1-2-5(8)7-3-4/h4-5,7-8H,1-3H2/t4-,5-/m0/s1. The summed E-state index contributed by atoms with van der Waals surface area (Å²) >= 11 is 3.44. The van der Waals surface area contributed by atoms with E-state index in [9.17, 15) is 0 Å². The Bertz CT molecular complexity index is 60.8. The van der Waals surface area contributed by atoms with E-state index in [0.717, 1.165) is 19.4 Å². The first kappa shape index (κ1) is 6.52. The molecule has 0 unspecified atom stereocenters. The Balaban J connectivity index is 2.19. The zero-order valence-corrected chi connectivity index (χ0v) is 6.19. The van der Waals surface area contributed by atoms with Gasteiger partial charge in [-0.2, -0.15) is 0 Å². The van der Waals surface area contributed by atoms with Crippen LogP contribution in [0.1, 0.15) is 12.8 Å². The van der Waals surface area contributed by atoms with E-state index >= 15 is 0 Å². The van der Waals surface area contributed by atoms with Crippen LogP contribution in [0.15, 0.2) is 0 Å². The molecule has 3 heteroatoms. The average molecular weight is 180 g/mol. The summed E-state index contributed by atoms with van der Waals surface area (Å²) in [6, 6.07) is 0. The summed E-state index contributed by atoms with van der Waals surface area (Å²) in [6.07, 6.45) is 1.69. The van der Waals surface area contributed by atoms with E-state index in [-0.39, 0.29) is 6.23 Å². The van der Waals surface area contributed by atoms with Crippen molar-refractivity contribution in [2.45, 2.75) is 23.9 Å². The van der Waals surface area contributed by atoms with Crippen molar-refractivity contribution in [1.29, 1.82) is 0 Å². The van der Waals surface area contributed by atoms with E-state index in [0.29, 0.717) is 4.83 Å². The molecule has 1 saturated heterocycles. The number of halogens is 1. The van der Waals surface area contributed by atoms with Gasteiger partial charge in [0.05, 0.1) is 0 Å². The molecule has 48 valence electrons. The van der Waals surface area contributed by atoms with Crippen molar-refractivity contribution in [1.82, 2.24) is 5.32 Å². The highest BCUT2D eigenvalue weighted by atomic mass is 79.9. The molecule has 1 fully saturated rings. The highest BCUT2D eigenvalue weighted by molar-refractivity contribution is 9.09. The van der Waals surface area contributed by atoms with Gasteiger partial charge in [-0.15, -0.1) is 0 Å². The number of hydrogen-bond acceptors (Lipinski definition) is 2. The highest BCUT2D eigenvalue weighted by Gasteiger charge is 2.14. The Labute approximate surface area is 57.4 Å². The maximum atomic E-state index is 8.90. The molecule has 2 N–H and O–H groups in total. The maximum Gasteiger partial charge on any atom is 0.104 e. The van der Waals surface area contributed by atoms with Crippen LogP contribution in [0.2, 0.25) is 0 Å². The summed E-state index contributed by atoms with van der Waals surface area (Å²) in [7, 11) is 0. The first-order valence-corrected chi connectivity index (χ1v) is 3.76. The monoisotopic (exact) mass is 179 g/mol. The molecule has 1 rings (SSSR count). The maximum absolute atomic E-state index is 8.90. The Morgan fingerprint density at radius 3 is 2.62 bits per heavy atom. The topological polar surface area (TPSA) is 32.3 Å². The fraction of sp³-hybridized carbons (Fsp3) is 1.00. The molecule has 0 radical (unpaired) electrons. The predicted molar refractivity (Wildman–Crippen MR) is 36.0 cm³/mol. The van der Waals surface area contributed by atoms with Gasteiger partial charge >= 0.3 is 0 Å². The van der Waals surface area contributed by atoms with Crippen LogP contribution >= 0.6 is 15.9 Å². The molecule has 0 aliphatic carbocycles. The van der Waals surface area contributed by atoms with Gasteiger partial charge in [-0.25, -0.2) is 0 Å². The molecular formula is C5H10BrNO. The summed E-state index contributed by atoms with van der Waals surface area (Å²) < 4.78 is 0. The smallest absolute Gasteiger partial charge is 0.104 e. The molecule has 1 heterocycles. The van der Waals surface area contributed by atoms with Gasteiger partial charge < -0.3 is 5.11 Å². The number of aliphatic hydroxyl groups excluding tert-OH is 1. The first-order valence-electron chi connectivity index (χ1n) is 2.84. The van der Waals surface area contributed by atoms with Crippen molar-refractivity contribution in [2.75, 3.05) is 6.54 Å². The van der Waals surface area contributed by atoms with E-state index in [1.54, 1.807) is 0 Å². The molecule has 0 saturated carbocycles. The van der Waals surface area contributed by atoms with Crippen molar-refractivity contribution >= 4 is 15.9 Å².